The second-order valence-corrected chi connectivity index (χ2v) is 8.56. The van der Waals surface area contributed by atoms with E-state index in [-0.39, 0.29) is 18.3 Å². The van der Waals surface area contributed by atoms with Crippen molar-refractivity contribution in [2.45, 2.75) is 13.5 Å². The molecule has 1 saturated heterocycles. The van der Waals surface area contributed by atoms with Crippen LogP contribution in [0.5, 0.6) is 5.75 Å². The van der Waals surface area contributed by atoms with E-state index in [1.807, 2.05) is 18.2 Å². The molecule has 1 aliphatic heterocycles. The number of amidine groups is 1. The van der Waals surface area contributed by atoms with E-state index in [9.17, 15) is 14.0 Å². The third-order valence-electron chi connectivity index (χ3n) is 5.15. The molecule has 1 fully saturated rings. The third kappa shape index (κ3) is 5.78. The number of esters is 1. The van der Waals surface area contributed by atoms with Crippen molar-refractivity contribution in [3.8, 4) is 5.75 Å². The maximum atomic E-state index is 14.0. The Morgan fingerprint density at radius 1 is 1.06 bits per heavy atom. The molecule has 0 atom stereocenters. The fourth-order valence-electron chi connectivity index (χ4n) is 3.29. The minimum atomic E-state index is -0.393. The summed E-state index contributed by atoms with van der Waals surface area (Å²) in [7, 11) is 1.66. The molecule has 178 valence electrons. The number of aliphatic imine (C=N–C) groups is 1. The molecule has 0 N–H and O–H groups in total. The first kappa shape index (κ1) is 24.2. The second-order valence-electron chi connectivity index (χ2n) is 7.55. The molecule has 1 heterocycles. The first-order chi connectivity index (χ1) is 17.0. The predicted octanol–water partition coefficient (Wildman–Crippen LogP) is 5.82. The van der Waals surface area contributed by atoms with Crippen LogP contribution in [0, 0.1) is 5.82 Å². The number of halogens is 1. The van der Waals surface area contributed by atoms with Crippen LogP contribution in [0.15, 0.2) is 82.7 Å². The van der Waals surface area contributed by atoms with Crippen LogP contribution >= 0.6 is 11.8 Å². The number of benzene rings is 3. The number of rotatable bonds is 7. The van der Waals surface area contributed by atoms with Crippen molar-refractivity contribution in [1.82, 2.24) is 4.90 Å². The number of amides is 1. The van der Waals surface area contributed by atoms with Gasteiger partial charge in [-0.05, 0) is 61.2 Å². The van der Waals surface area contributed by atoms with Gasteiger partial charge in [-0.1, -0.05) is 36.4 Å². The summed E-state index contributed by atoms with van der Waals surface area (Å²) < 4.78 is 24.8. The minimum absolute atomic E-state index is 0.0718. The lowest BCUT2D eigenvalue weighted by atomic mass is 10.1. The van der Waals surface area contributed by atoms with Crippen LogP contribution in [0.3, 0.4) is 0 Å². The van der Waals surface area contributed by atoms with Gasteiger partial charge in [0, 0.05) is 18.2 Å². The van der Waals surface area contributed by atoms with E-state index in [1.54, 1.807) is 68.6 Å². The third-order valence-corrected chi connectivity index (χ3v) is 6.21. The quantitative estimate of drug-likeness (QED) is 0.309. The van der Waals surface area contributed by atoms with Crippen LogP contribution in [0.1, 0.15) is 28.4 Å². The van der Waals surface area contributed by atoms with Gasteiger partial charge in [-0.15, -0.1) is 0 Å². The molecule has 0 saturated carbocycles. The summed E-state index contributed by atoms with van der Waals surface area (Å²) in [5.41, 5.74) is 2.19. The van der Waals surface area contributed by atoms with Gasteiger partial charge in [0.1, 0.15) is 18.2 Å². The van der Waals surface area contributed by atoms with Crippen LogP contribution < -0.4 is 4.74 Å². The van der Waals surface area contributed by atoms with E-state index in [1.165, 1.54) is 22.7 Å². The number of thioether (sulfide) groups is 1. The highest BCUT2D eigenvalue weighted by molar-refractivity contribution is 8.18. The molecule has 3 aromatic carbocycles. The standard InChI is InChI=1S/C27H23FN2O4S/c1-3-33-26(32)18-12-14-21(15-13-18)29-27-30(2)25(31)24(35-27)16-19-8-5-7-11-23(19)34-17-20-9-4-6-10-22(20)28/h4-16H,3,17H2,1-2H3. The fraction of sp³-hybridized carbons (Fsp3) is 0.148. The van der Waals surface area contributed by atoms with E-state index in [2.05, 4.69) is 4.99 Å². The Balaban J connectivity index is 1.52. The average Bonchev–Trinajstić information content (AvgIpc) is 3.12. The SMILES string of the molecule is CCOC(=O)c1ccc(N=C2SC(=Cc3ccccc3OCc3ccccc3F)C(=O)N2C)cc1. The van der Waals surface area contributed by atoms with E-state index >= 15 is 0 Å². The van der Waals surface area contributed by atoms with Gasteiger partial charge >= 0.3 is 5.97 Å². The van der Waals surface area contributed by atoms with Crippen molar-refractivity contribution < 1.29 is 23.5 Å². The Hall–Kier alpha value is -3.91. The first-order valence-electron chi connectivity index (χ1n) is 10.9. The smallest absolute Gasteiger partial charge is 0.338 e. The average molecular weight is 491 g/mol. The molecule has 0 aromatic heterocycles. The van der Waals surface area contributed by atoms with E-state index < -0.39 is 5.97 Å². The number of carbonyl (C=O) groups excluding carboxylic acids is 2. The van der Waals surface area contributed by atoms with Crippen molar-refractivity contribution in [2.24, 2.45) is 4.99 Å². The zero-order valence-electron chi connectivity index (χ0n) is 19.2. The Bertz CT molecular complexity index is 1300. The van der Waals surface area contributed by atoms with Crippen LogP contribution in [0.25, 0.3) is 6.08 Å². The Labute approximate surface area is 207 Å². The number of hydrogen-bond acceptors (Lipinski definition) is 6. The van der Waals surface area contributed by atoms with Gasteiger partial charge in [-0.3, -0.25) is 9.69 Å². The first-order valence-corrected chi connectivity index (χ1v) is 11.8. The van der Waals surface area contributed by atoms with Gasteiger partial charge in [0.15, 0.2) is 5.17 Å². The summed E-state index contributed by atoms with van der Waals surface area (Å²) in [6.07, 6.45) is 1.74. The molecule has 0 spiro atoms. The van der Waals surface area contributed by atoms with Crippen LogP contribution in [0.4, 0.5) is 10.1 Å². The Morgan fingerprint density at radius 3 is 2.51 bits per heavy atom. The molecular formula is C27H23FN2O4S. The molecule has 35 heavy (non-hydrogen) atoms. The van der Waals surface area contributed by atoms with Crippen LogP contribution in [-0.4, -0.2) is 35.6 Å². The largest absolute Gasteiger partial charge is 0.488 e. The minimum Gasteiger partial charge on any atom is -0.488 e. The summed E-state index contributed by atoms with van der Waals surface area (Å²) in [4.78, 5) is 31.2. The summed E-state index contributed by atoms with van der Waals surface area (Å²) >= 11 is 1.24. The van der Waals surface area contributed by atoms with E-state index in [4.69, 9.17) is 9.47 Å². The fourth-order valence-corrected chi connectivity index (χ4v) is 4.27. The van der Waals surface area contributed by atoms with E-state index in [0.29, 0.717) is 44.8 Å². The monoisotopic (exact) mass is 490 g/mol. The molecule has 4 rings (SSSR count). The van der Waals surface area contributed by atoms with Crippen molar-refractivity contribution in [3.05, 3.63) is 100 Å². The lowest BCUT2D eigenvalue weighted by Gasteiger charge is -2.10. The Morgan fingerprint density at radius 2 is 1.77 bits per heavy atom. The Kier molecular flexibility index (Phi) is 7.62. The van der Waals surface area contributed by atoms with Crippen LogP contribution in [-0.2, 0) is 16.1 Å². The highest BCUT2D eigenvalue weighted by atomic mass is 32.2. The summed E-state index contributed by atoms with van der Waals surface area (Å²) in [6, 6.07) is 20.4. The zero-order valence-corrected chi connectivity index (χ0v) is 20.0. The second kappa shape index (κ2) is 11.0. The van der Waals surface area contributed by atoms with Gasteiger partial charge in [0.2, 0.25) is 0 Å². The summed E-state index contributed by atoms with van der Waals surface area (Å²) in [5, 5.41) is 0.509. The van der Waals surface area contributed by atoms with Crippen molar-refractivity contribution >= 4 is 40.6 Å². The van der Waals surface area contributed by atoms with E-state index in [0.717, 1.165) is 0 Å². The number of nitrogens with zero attached hydrogens (tertiary/aromatic N) is 2. The van der Waals surface area contributed by atoms with Gasteiger partial charge in [-0.25, -0.2) is 14.2 Å². The molecule has 0 unspecified atom stereocenters. The number of carbonyl (C=O) groups is 2. The summed E-state index contributed by atoms with van der Waals surface area (Å²) in [5.74, 6) is -0.377. The topological polar surface area (TPSA) is 68.2 Å². The van der Waals surface area contributed by atoms with Crippen LogP contribution in [0.2, 0.25) is 0 Å². The molecule has 0 bridgehead atoms. The lowest BCUT2D eigenvalue weighted by Crippen LogP contribution is -2.23. The molecular weight excluding hydrogens is 467 g/mol. The maximum absolute atomic E-state index is 14.0. The van der Waals surface area contributed by atoms with Gasteiger partial charge in [0.25, 0.3) is 5.91 Å². The molecule has 6 nitrogen and oxygen atoms in total. The highest BCUT2D eigenvalue weighted by Crippen LogP contribution is 2.35. The van der Waals surface area contributed by atoms with Gasteiger partial charge in [0.05, 0.1) is 22.8 Å². The van der Waals surface area contributed by atoms with Crippen molar-refractivity contribution in [2.75, 3.05) is 13.7 Å². The van der Waals surface area contributed by atoms with Gasteiger partial charge < -0.3 is 9.47 Å². The molecule has 0 radical (unpaired) electrons. The highest BCUT2D eigenvalue weighted by Gasteiger charge is 2.30. The predicted molar refractivity (Wildman–Crippen MR) is 135 cm³/mol. The molecule has 8 heteroatoms. The zero-order chi connectivity index (χ0) is 24.8. The summed E-state index contributed by atoms with van der Waals surface area (Å²) in [6.45, 7) is 2.13. The maximum Gasteiger partial charge on any atom is 0.338 e. The molecule has 3 aromatic rings. The number of ether oxygens (including phenoxy) is 2. The van der Waals surface area contributed by atoms with Gasteiger partial charge in [-0.2, -0.15) is 0 Å². The van der Waals surface area contributed by atoms with Crippen molar-refractivity contribution in [3.63, 3.8) is 0 Å². The molecule has 1 aliphatic rings. The number of para-hydroxylation sites is 1. The molecule has 0 aliphatic carbocycles. The molecule has 1 amide bonds. The number of hydrogen-bond donors (Lipinski definition) is 0. The number of likely N-dealkylation sites (N-methyl/N-ethyl adjacent to an activating group) is 1. The van der Waals surface area contributed by atoms with Crippen molar-refractivity contribution in [1.29, 1.82) is 0 Å². The normalized spacial score (nSPS) is 15.6. The lowest BCUT2D eigenvalue weighted by molar-refractivity contribution is -0.121.